The molecule has 16 heteroatoms. The highest BCUT2D eigenvalue weighted by atomic mass is 19.4. The molecule has 0 atom stereocenters. The smallest absolute Gasteiger partial charge is 0.422 e. The van der Waals surface area contributed by atoms with E-state index in [-0.39, 0.29) is 23.6 Å². The molecule has 0 amide bonds. The van der Waals surface area contributed by atoms with Gasteiger partial charge in [0.25, 0.3) is 0 Å². The number of likely N-dealkylation sites (tertiary alicyclic amines) is 1. The molecule has 2 heterocycles. The number of nitrogens with zero attached hydrogens (tertiary/aromatic N) is 4. The van der Waals surface area contributed by atoms with Crippen molar-refractivity contribution in [1.29, 1.82) is 0 Å². The molecule has 0 bridgehead atoms. The second-order valence-electron chi connectivity index (χ2n) is 9.27. The lowest BCUT2D eigenvalue weighted by molar-refractivity contribution is -0.154. The van der Waals surface area contributed by atoms with Crippen molar-refractivity contribution >= 4 is 17.6 Å². The Morgan fingerprint density at radius 1 is 0.780 bits per heavy atom. The molecule has 1 aliphatic heterocycles. The highest BCUT2D eigenvalue weighted by molar-refractivity contribution is 5.56. The molecule has 2 N–H and O–H groups in total. The van der Waals surface area contributed by atoms with Crippen LogP contribution in [0.25, 0.3) is 0 Å². The van der Waals surface area contributed by atoms with Crippen molar-refractivity contribution in [2.24, 2.45) is 0 Å². The summed E-state index contributed by atoms with van der Waals surface area (Å²) in [5.74, 6) is -0.510. The second-order valence-corrected chi connectivity index (χ2v) is 9.27. The van der Waals surface area contributed by atoms with Gasteiger partial charge in [-0.25, -0.2) is 0 Å². The quantitative estimate of drug-likeness (QED) is 0.282. The third kappa shape index (κ3) is 9.09. The van der Waals surface area contributed by atoms with Crippen LogP contribution in [-0.2, 0) is 18.9 Å². The number of halogens is 9. The number of ether oxygens (including phenoxy) is 1. The molecule has 1 fully saturated rings. The van der Waals surface area contributed by atoms with Crippen LogP contribution in [0.3, 0.4) is 0 Å². The number of aromatic nitrogens is 3. The zero-order chi connectivity index (χ0) is 29.8. The number of rotatable bonds is 8. The maximum absolute atomic E-state index is 13.1. The normalized spacial score (nSPS) is 15.5. The van der Waals surface area contributed by atoms with E-state index in [1.165, 1.54) is 12.1 Å². The summed E-state index contributed by atoms with van der Waals surface area (Å²) in [6.45, 7) is -0.423. The van der Waals surface area contributed by atoms with E-state index >= 15 is 0 Å². The third-order valence-electron chi connectivity index (χ3n) is 6.01. The van der Waals surface area contributed by atoms with Gasteiger partial charge >= 0.3 is 24.5 Å². The Labute approximate surface area is 227 Å². The van der Waals surface area contributed by atoms with Crippen molar-refractivity contribution in [2.45, 2.75) is 44.0 Å². The van der Waals surface area contributed by atoms with Crippen LogP contribution in [0.2, 0.25) is 0 Å². The van der Waals surface area contributed by atoms with Gasteiger partial charge in [0.1, 0.15) is 0 Å². The van der Waals surface area contributed by atoms with Gasteiger partial charge in [0.2, 0.25) is 11.9 Å². The van der Waals surface area contributed by atoms with E-state index in [0.717, 1.165) is 30.3 Å². The summed E-state index contributed by atoms with van der Waals surface area (Å²) in [7, 11) is 0. The van der Waals surface area contributed by atoms with Crippen molar-refractivity contribution in [3.05, 3.63) is 65.2 Å². The average Bonchev–Trinajstić information content (AvgIpc) is 2.88. The Balaban J connectivity index is 1.43. The molecule has 0 radical (unpaired) electrons. The van der Waals surface area contributed by atoms with Gasteiger partial charge in [-0.15, -0.1) is 0 Å². The summed E-state index contributed by atoms with van der Waals surface area (Å²) >= 11 is 0. The number of piperidine rings is 1. The maximum atomic E-state index is 13.1. The summed E-state index contributed by atoms with van der Waals surface area (Å²) in [5, 5.41) is 5.50. The van der Waals surface area contributed by atoms with Crippen LogP contribution in [0.4, 0.5) is 57.1 Å². The number of hydrogen-bond acceptors (Lipinski definition) is 7. The minimum atomic E-state index is -4.69. The zero-order valence-electron chi connectivity index (χ0n) is 21.0. The van der Waals surface area contributed by atoms with Gasteiger partial charge in [0.15, 0.2) is 6.61 Å². The van der Waals surface area contributed by atoms with Crippen molar-refractivity contribution < 1.29 is 44.3 Å². The number of nitrogens with one attached hydrogen (secondary N) is 2. The standard InChI is InChI=1S/C25H23F9N6O/c26-23(27,28)14-41-22-38-20(37-21(39-22)36-19-6-2-5-17(12-19)25(32,33)34)35-18-7-9-40(10-8-18)13-15-3-1-4-16(11-15)24(29,30)31/h1-6,11-12,18H,7-10,13-14H2,(H2,35,36,37,38,39). The third-order valence-corrected chi connectivity index (χ3v) is 6.01. The summed E-state index contributed by atoms with van der Waals surface area (Å²) in [6.07, 6.45) is -12.8. The van der Waals surface area contributed by atoms with E-state index in [2.05, 4.69) is 30.3 Å². The lowest BCUT2D eigenvalue weighted by atomic mass is 10.0. The summed E-state index contributed by atoms with van der Waals surface area (Å²) in [4.78, 5) is 13.6. The molecule has 0 spiro atoms. The number of anilines is 3. The van der Waals surface area contributed by atoms with Gasteiger partial charge in [0, 0.05) is 31.4 Å². The number of alkyl halides is 9. The molecule has 7 nitrogen and oxygen atoms in total. The van der Waals surface area contributed by atoms with E-state index < -0.39 is 42.3 Å². The molecule has 1 aliphatic rings. The van der Waals surface area contributed by atoms with Gasteiger partial charge in [-0.3, -0.25) is 4.90 Å². The van der Waals surface area contributed by atoms with E-state index in [0.29, 0.717) is 38.0 Å². The highest BCUT2D eigenvalue weighted by Gasteiger charge is 2.32. The molecule has 2 aromatic carbocycles. The van der Waals surface area contributed by atoms with Gasteiger partial charge < -0.3 is 15.4 Å². The fourth-order valence-corrected chi connectivity index (χ4v) is 4.11. The first-order chi connectivity index (χ1) is 19.1. The maximum Gasteiger partial charge on any atom is 0.422 e. The van der Waals surface area contributed by atoms with Crippen molar-refractivity contribution in [1.82, 2.24) is 19.9 Å². The van der Waals surface area contributed by atoms with Crippen molar-refractivity contribution in [3.63, 3.8) is 0 Å². The largest absolute Gasteiger partial charge is 0.454 e. The first-order valence-corrected chi connectivity index (χ1v) is 12.2. The first-order valence-electron chi connectivity index (χ1n) is 12.2. The van der Waals surface area contributed by atoms with Crippen LogP contribution in [0.15, 0.2) is 48.5 Å². The van der Waals surface area contributed by atoms with Gasteiger partial charge in [-0.2, -0.15) is 54.5 Å². The van der Waals surface area contributed by atoms with Crippen molar-refractivity contribution in [3.8, 4) is 6.01 Å². The van der Waals surface area contributed by atoms with Crippen LogP contribution in [0.5, 0.6) is 6.01 Å². The minimum Gasteiger partial charge on any atom is -0.454 e. The van der Waals surface area contributed by atoms with Crippen LogP contribution in [-0.4, -0.2) is 51.8 Å². The Morgan fingerprint density at radius 3 is 2.02 bits per heavy atom. The molecular weight excluding hydrogens is 571 g/mol. The van der Waals surface area contributed by atoms with E-state index in [1.807, 2.05) is 4.90 Å². The summed E-state index contributed by atoms with van der Waals surface area (Å²) in [6, 6.07) is 8.15. The minimum absolute atomic E-state index is 0.0679. The molecule has 41 heavy (non-hydrogen) atoms. The summed E-state index contributed by atoms with van der Waals surface area (Å²) < 4.78 is 121. The highest BCUT2D eigenvalue weighted by Crippen LogP contribution is 2.32. The van der Waals surface area contributed by atoms with Gasteiger partial charge in [0.05, 0.1) is 11.1 Å². The van der Waals surface area contributed by atoms with Crippen molar-refractivity contribution in [2.75, 3.05) is 30.3 Å². The molecular formula is C25H23F9N6O. The average molecular weight is 594 g/mol. The molecule has 1 aromatic heterocycles. The van der Waals surface area contributed by atoms with E-state index in [1.54, 1.807) is 6.07 Å². The van der Waals surface area contributed by atoms with Crippen LogP contribution in [0.1, 0.15) is 29.5 Å². The predicted octanol–water partition coefficient (Wildman–Crippen LogP) is 6.67. The predicted molar refractivity (Wildman–Crippen MR) is 129 cm³/mol. The first kappa shape index (κ1) is 30.1. The Kier molecular flexibility index (Phi) is 8.80. The lowest BCUT2D eigenvalue weighted by Gasteiger charge is -2.32. The number of hydrogen-bond donors (Lipinski definition) is 2. The van der Waals surface area contributed by atoms with Crippen LogP contribution in [0, 0.1) is 0 Å². The molecule has 0 unspecified atom stereocenters. The second kappa shape index (κ2) is 12.0. The SMILES string of the molecule is FC(F)(F)COc1nc(Nc2cccc(C(F)(F)F)c2)nc(NC2CCN(Cc3cccc(C(F)(F)F)c3)CC2)n1. The Bertz CT molecular complexity index is 1320. The fourth-order valence-electron chi connectivity index (χ4n) is 4.11. The van der Waals surface area contributed by atoms with E-state index in [9.17, 15) is 39.5 Å². The zero-order valence-corrected chi connectivity index (χ0v) is 21.0. The molecule has 0 aliphatic carbocycles. The molecule has 222 valence electrons. The van der Waals surface area contributed by atoms with Crippen LogP contribution >= 0.6 is 0 Å². The Hall–Kier alpha value is -3.82. The Morgan fingerprint density at radius 2 is 1.39 bits per heavy atom. The van der Waals surface area contributed by atoms with Gasteiger partial charge in [-0.1, -0.05) is 24.3 Å². The lowest BCUT2D eigenvalue weighted by Crippen LogP contribution is -2.39. The molecule has 4 rings (SSSR count). The van der Waals surface area contributed by atoms with Gasteiger partial charge in [-0.05, 0) is 42.7 Å². The topological polar surface area (TPSA) is 75.2 Å². The summed E-state index contributed by atoms with van der Waals surface area (Å²) in [5.41, 5.74) is -1.26. The monoisotopic (exact) mass is 594 g/mol. The number of benzene rings is 2. The molecule has 3 aromatic rings. The molecule has 0 saturated carbocycles. The van der Waals surface area contributed by atoms with Crippen LogP contribution < -0.4 is 15.4 Å². The molecule has 1 saturated heterocycles. The van der Waals surface area contributed by atoms with E-state index in [4.69, 9.17) is 0 Å². The fraction of sp³-hybridized carbons (Fsp3) is 0.400.